The van der Waals surface area contributed by atoms with Gasteiger partial charge in [-0.3, -0.25) is 4.79 Å². The number of hydrogen-bond acceptors (Lipinski definition) is 4. The minimum Gasteiger partial charge on any atom is -0.497 e. The van der Waals surface area contributed by atoms with Gasteiger partial charge in [0.05, 0.1) is 31.3 Å². The maximum atomic E-state index is 13.0. The Morgan fingerprint density at radius 3 is 2.52 bits per heavy atom. The summed E-state index contributed by atoms with van der Waals surface area (Å²) in [6, 6.07) is 16.8. The molecule has 138 valence electrons. The molecule has 1 aromatic heterocycles. The molecule has 0 unspecified atom stereocenters. The molecule has 1 heterocycles. The molecule has 0 radical (unpaired) electrons. The Morgan fingerprint density at radius 1 is 1.07 bits per heavy atom. The molecule has 1 N–H and O–H groups in total. The molecule has 6 heteroatoms. The first-order valence-electron chi connectivity index (χ1n) is 8.88. The van der Waals surface area contributed by atoms with Gasteiger partial charge in [0.1, 0.15) is 17.2 Å². The summed E-state index contributed by atoms with van der Waals surface area (Å²) in [4.78, 5) is 13.0. The molecule has 27 heavy (non-hydrogen) atoms. The first-order valence-corrected chi connectivity index (χ1v) is 8.88. The van der Waals surface area contributed by atoms with Gasteiger partial charge in [0.25, 0.3) is 5.91 Å². The van der Waals surface area contributed by atoms with E-state index in [0.29, 0.717) is 28.8 Å². The van der Waals surface area contributed by atoms with Crippen molar-refractivity contribution in [3.8, 4) is 17.2 Å². The van der Waals surface area contributed by atoms with Crippen molar-refractivity contribution < 1.29 is 14.3 Å². The van der Waals surface area contributed by atoms with E-state index < -0.39 is 0 Å². The van der Waals surface area contributed by atoms with Crippen LogP contribution in [0.25, 0.3) is 5.69 Å². The lowest BCUT2D eigenvalue weighted by Gasteiger charge is -2.12. The standard InChI is InChI=1S/C21H21N3O3/c1-26-16-10-11-17(20(12-16)27-2)22-21(25)19-13-18(14-8-9-14)23-24(19)15-6-4-3-5-7-15/h3-7,10-14H,8-9H2,1-2H3,(H,22,25). The first kappa shape index (κ1) is 17.1. The van der Waals surface area contributed by atoms with Crippen molar-refractivity contribution in [3.63, 3.8) is 0 Å². The first-order chi connectivity index (χ1) is 13.2. The van der Waals surface area contributed by atoms with E-state index >= 15 is 0 Å². The number of hydrogen-bond donors (Lipinski definition) is 1. The van der Waals surface area contributed by atoms with Crippen LogP contribution < -0.4 is 14.8 Å². The molecule has 0 aliphatic heterocycles. The zero-order valence-electron chi connectivity index (χ0n) is 15.3. The van der Waals surface area contributed by atoms with Gasteiger partial charge in [0.15, 0.2) is 0 Å². The van der Waals surface area contributed by atoms with Crippen molar-refractivity contribution in [2.75, 3.05) is 19.5 Å². The smallest absolute Gasteiger partial charge is 0.274 e. The third-order valence-corrected chi connectivity index (χ3v) is 4.61. The van der Waals surface area contributed by atoms with Gasteiger partial charge in [-0.05, 0) is 43.2 Å². The molecule has 1 saturated carbocycles. The van der Waals surface area contributed by atoms with Crippen molar-refractivity contribution in [3.05, 3.63) is 66.0 Å². The molecule has 0 saturated heterocycles. The molecule has 0 bridgehead atoms. The number of carbonyl (C=O) groups excluding carboxylic acids is 1. The predicted molar refractivity (Wildman–Crippen MR) is 103 cm³/mol. The van der Waals surface area contributed by atoms with Crippen LogP contribution in [0.3, 0.4) is 0 Å². The van der Waals surface area contributed by atoms with Crippen LogP contribution in [0, 0.1) is 0 Å². The number of nitrogens with zero attached hydrogens (tertiary/aromatic N) is 2. The van der Waals surface area contributed by atoms with E-state index in [0.717, 1.165) is 24.2 Å². The van der Waals surface area contributed by atoms with Crippen LogP contribution in [-0.2, 0) is 0 Å². The molecular weight excluding hydrogens is 342 g/mol. The van der Waals surface area contributed by atoms with Gasteiger partial charge >= 0.3 is 0 Å². The minimum absolute atomic E-state index is 0.235. The number of rotatable bonds is 6. The summed E-state index contributed by atoms with van der Waals surface area (Å²) < 4.78 is 12.3. The van der Waals surface area contributed by atoms with Crippen molar-refractivity contribution >= 4 is 11.6 Å². The van der Waals surface area contributed by atoms with E-state index in [1.807, 2.05) is 36.4 Å². The molecule has 2 aromatic carbocycles. The highest BCUT2D eigenvalue weighted by molar-refractivity contribution is 6.04. The molecule has 1 aliphatic carbocycles. The summed E-state index contributed by atoms with van der Waals surface area (Å²) in [5, 5.41) is 7.61. The van der Waals surface area contributed by atoms with Gasteiger partial charge in [0, 0.05) is 12.0 Å². The molecule has 3 aromatic rings. The SMILES string of the molecule is COc1ccc(NC(=O)c2cc(C3CC3)nn2-c2ccccc2)c(OC)c1. The predicted octanol–water partition coefficient (Wildman–Crippen LogP) is 4.02. The summed E-state index contributed by atoms with van der Waals surface area (Å²) in [6.07, 6.45) is 2.25. The Hall–Kier alpha value is -3.28. The lowest BCUT2D eigenvalue weighted by molar-refractivity contribution is 0.101. The second kappa shape index (κ2) is 7.15. The van der Waals surface area contributed by atoms with Crippen LogP contribution >= 0.6 is 0 Å². The number of nitrogens with one attached hydrogen (secondary N) is 1. The monoisotopic (exact) mass is 363 g/mol. The van der Waals surface area contributed by atoms with Crippen LogP contribution in [-0.4, -0.2) is 29.9 Å². The third kappa shape index (κ3) is 3.51. The highest BCUT2D eigenvalue weighted by atomic mass is 16.5. The molecule has 1 fully saturated rings. The number of ether oxygens (including phenoxy) is 2. The van der Waals surface area contributed by atoms with E-state index in [1.54, 1.807) is 37.1 Å². The number of amides is 1. The van der Waals surface area contributed by atoms with E-state index in [1.165, 1.54) is 0 Å². The van der Waals surface area contributed by atoms with Crippen LogP contribution in [0.15, 0.2) is 54.6 Å². The molecular formula is C21H21N3O3. The maximum Gasteiger partial charge on any atom is 0.274 e. The fourth-order valence-electron chi connectivity index (χ4n) is 2.99. The molecule has 1 amide bonds. The summed E-state index contributed by atoms with van der Waals surface area (Å²) in [5.74, 6) is 1.42. The van der Waals surface area contributed by atoms with Crippen LogP contribution in [0.1, 0.15) is 34.9 Å². The number of methoxy groups -OCH3 is 2. The Morgan fingerprint density at radius 2 is 1.85 bits per heavy atom. The topological polar surface area (TPSA) is 65.4 Å². The Labute approximate surface area is 157 Å². The second-order valence-electron chi connectivity index (χ2n) is 6.50. The molecule has 0 spiro atoms. The quantitative estimate of drug-likeness (QED) is 0.718. The average molecular weight is 363 g/mol. The highest BCUT2D eigenvalue weighted by Gasteiger charge is 2.29. The molecule has 1 aliphatic rings. The van der Waals surface area contributed by atoms with Gasteiger partial charge in [-0.2, -0.15) is 5.10 Å². The number of benzene rings is 2. The summed E-state index contributed by atoms with van der Waals surface area (Å²) in [7, 11) is 3.15. The highest BCUT2D eigenvalue weighted by Crippen LogP contribution is 2.40. The largest absolute Gasteiger partial charge is 0.497 e. The lowest BCUT2D eigenvalue weighted by atomic mass is 10.2. The summed E-state index contributed by atoms with van der Waals surface area (Å²) >= 11 is 0. The Balaban J connectivity index is 1.68. The van der Waals surface area contributed by atoms with Crippen molar-refractivity contribution in [2.45, 2.75) is 18.8 Å². The maximum absolute atomic E-state index is 13.0. The van der Waals surface area contributed by atoms with Gasteiger partial charge in [-0.1, -0.05) is 18.2 Å². The van der Waals surface area contributed by atoms with Gasteiger partial charge < -0.3 is 14.8 Å². The minimum atomic E-state index is -0.235. The summed E-state index contributed by atoms with van der Waals surface area (Å²) in [5.41, 5.74) is 2.90. The number of carbonyl (C=O) groups is 1. The fraction of sp³-hybridized carbons (Fsp3) is 0.238. The van der Waals surface area contributed by atoms with Crippen molar-refractivity contribution in [2.24, 2.45) is 0 Å². The van der Waals surface area contributed by atoms with E-state index in [2.05, 4.69) is 10.4 Å². The number of aromatic nitrogens is 2. The summed E-state index contributed by atoms with van der Waals surface area (Å²) in [6.45, 7) is 0. The van der Waals surface area contributed by atoms with Crippen molar-refractivity contribution in [1.29, 1.82) is 0 Å². The van der Waals surface area contributed by atoms with Gasteiger partial charge in [-0.15, -0.1) is 0 Å². The van der Waals surface area contributed by atoms with Gasteiger partial charge in [-0.25, -0.2) is 4.68 Å². The van der Waals surface area contributed by atoms with E-state index in [9.17, 15) is 4.79 Å². The average Bonchev–Trinajstić information content (AvgIpc) is 3.47. The zero-order chi connectivity index (χ0) is 18.8. The van der Waals surface area contributed by atoms with E-state index in [-0.39, 0.29) is 5.91 Å². The van der Waals surface area contributed by atoms with E-state index in [4.69, 9.17) is 9.47 Å². The Kier molecular flexibility index (Phi) is 4.54. The molecule has 4 rings (SSSR count). The third-order valence-electron chi connectivity index (χ3n) is 4.61. The second-order valence-corrected chi connectivity index (χ2v) is 6.50. The normalized spacial score (nSPS) is 13.3. The number of para-hydroxylation sites is 1. The lowest BCUT2D eigenvalue weighted by Crippen LogP contribution is -2.17. The van der Waals surface area contributed by atoms with Crippen molar-refractivity contribution in [1.82, 2.24) is 9.78 Å². The van der Waals surface area contributed by atoms with Crippen LogP contribution in [0.5, 0.6) is 11.5 Å². The molecule has 6 nitrogen and oxygen atoms in total. The fourth-order valence-corrected chi connectivity index (χ4v) is 2.99. The van der Waals surface area contributed by atoms with Gasteiger partial charge in [0.2, 0.25) is 0 Å². The van der Waals surface area contributed by atoms with Crippen LogP contribution in [0.4, 0.5) is 5.69 Å². The zero-order valence-corrected chi connectivity index (χ0v) is 15.3. The van der Waals surface area contributed by atoms with Crippen LogP contribution in [0.2, 0.25) is 0 Å². The number of anilines is 1. The Bertz CT molecular complexity index is 962. The molecule has 0 atom stereocenters.